The van der Waals surface area contributed by atoms with Gasteiger partial charge in [-0.25, -0.2) is 4.39 Å². The first-order chi connectivity index (χ1) is 12.1. The summed E-state index contributed by atoms with van der Waals surface area (Å²) in [6.07, 6.45) is 0. The van der Waals surface area contributed by atoms with Gasteiger partial charge < -0.3 is 9.80 Å². The standard InChI is InChI=1S/C20H24FN3O/c1-16(20(25)22(2)17-8-4-3-5-9-17)23-12-14-24(15-13-23)19-11-7-6-10-18(19)21/h3-11,16H,12-15H2,1-2H3/t16-/m0/s1. The minimum Gasteiger partial charge on any atom is -0.367 e. The third-order valence-corrected chi connectivity index (χ3v) is 4.89. The second kappa shape index (κ2) is 7.66. The van der Waals surface area contributed by atoms with Gasteiger partial charge in [0.05, 0.1) is 11.7 Å². The van der Waals surface area contributed by atoms with Crippen LogP contribution in [-0.2, 0) is 4.79 Å². The van der Waals surface area contributed by atoms with E-state index in [9.17, 15) is 9.18 Å². The topological polar surface area (TPSA) is 26.8 Å². The van der Waals surface area contributed by atoms with Crippen molar-refractivity contribution in [2.75, 3.05) is 43.0 Å². The molecule has 0 spiro atoms. The maximum atomic E-state index is 13.9. The molecule has 0 bridgehead atoms. The molecule has 0 aliphatic carbocycles. The Hall–Kier alpha value is -2.40. The Kier molecular flexibility index (Phi) is 5.34. The second-order valence-corrected chi connectivity index (χ2v) is 6.38. The highest BCUT2D eigenvalue weighted by Crippen LogP contribution is 2.21. The van der Waals surface area contributed by atoms with Crippen LogP contribution in [0.1, 0.15) is 6.92 Å². The number of para-hydroxylation sites is 2. The summed E-state index contributed by atoms with van der Waals surface area (Å²) in [7, 11) is 1.81. The van der Waals surface area contributed by atoms with Crippen molar-refractivity contribution < 1.29 is 9.18 Å². The average molecular weight is 341 g/mol. The summed E-state index contributed by atoms with van der Waals surface area (Å²) in [6, 6.07) is 16.3. The number of amides is 1. The van der Waals surface area contributed by atoms with E-state index >= 15 is 0 Å². The summed E-state index contributed by atoms with van der Waals surface area (Å²) in [6.45, 7) is 4.86. The average Bonchev–Trinajstić information content (AvgIpc) is 2.67. The monoisotopic (exact) mass is 341 g/mol. The summed E-state index contributed by atoms with van der Waals surface area (Å²) < 4.78 is 13.9. The van der Waals surface area contributed by atoms with E-state index in [2.05, 4.69) is 4.90 Å². The van der Waals surface area contributed by atoms with Crippen LogP contribution in [-0.4, -0.2) is 50.1 Å². The van der Waals surface area contributed by atoms with Crippen molar-refractivity contribution in [1.82, 2.24) is 4.90 Å². The SMILES string of the molecule is C[C@@H](C(=O)N(C)c1ccccc1)N1CCN(c2ccccc2F)CC1. The summed E-state index contributed by atoms with van der Waals surface area (Å²) in [5, 5.41) is 0. The predicted octanol–water partition coefficient (Wildman–Crippen LogP) is 3.00. The minimum atomic E-state index is -0.201. The smallest absolute Gasteiger partial charge is 0.243 e. The highest BCUT2D eigenvalue weighted by molar-refractivity contribution is 5.96. The van der Waals surface area contributed by atoms with Crippen LogP contribution >= 0.6 is 0 Å². The third kappa shape index (κ3) is 3.82. The quantitative estimate of drug-likeness (QED) is 0.855. The molecule has 132 valence electrons. The first kappa shape index (κ1) is 17.4. The number of piperazine rings is 1. The molecule has 4 nitrogen and oxygen atoms in total. The molecular formula is C20H24FN3O. The first-order valence-corrected chi connectivity index (χ1v) is 8.64. The van der Waals surface area contributed by atoms with Gasteiger partial charge in [0.25, 0.3) is 0 Å². The van der Waals surface area contributed by atoms with Crippen molar-refractivity contribution in [1.29, 1.82) is 0 Å². The van der Waals surface area contributed by atoms with E-state index in [0.29, 0.717) is 18.8 Å². The lowest BCUT2D eigenvalue weighted by molar-refractivity contribution is -0.123. The zero-order valence-corrected chi connectivity index (χ0v) is 14.7. The van der Waals surface area contributed by atoms with Crippen LogP contribution in [0.25, 0.3) is 0 Å². The largest absolute Gasteiger partial charge is 0.367 e. The molecule has 1 saturated heterocycles. The number of anilines is 2. The van der Waals surface area contributed by atoms with Crippen LogP contribution in [0.4, 0.5) is 15.8 Å². The van der Waals surface area contributed by atoms with Crippen molar-refractivity contribution in [2.45, 2.75) is 13.0 Å². The molecular weight excluding hydrogens is 317 g/mol. The number of nitrogens with zero attached hydrogens (tertiary/aromatic N) is 3. The normalized spacial score (nSPS) is 16.5. The highest BCUT2D eigenvalue weighted by atomic mass is 19.1. The molecule has 1 fully saturated rings. The fourth-order valence-electron chi connectivity index (χ4n) is 3.27. The van der Waals surface area contributed by atoms with Gasteiger partial charge in [-0.05, 0) is 31.2 Å². The molecule has 0 radical (unpaired) electrons. The van der Waals surface area contributed by atoms with Crippen LogP contribution in [0.3, 0.4) is 0 Å². The first-order valence-electron chi connectivity index (χ1n) is 8.64. The van der Waals surface area contributed by atoms with Gasteiger partial charge in [-0.3, -0.25) is 9.69 Å². The van der Waals surface area contributed by atoms with Gasteiger partial charge in [-0.2, -0.15) is 0 Å². The lowest BCUT2D eigenvalue weighted by Crippen LogP contribution is -2.54. The number of benzene rings is 2. The van der Waals surface area contributed by atoms with Crippen LogP contribution in [0, 0.1) is 5.82 Å². The fourth-order valence-corrected chi connectivity index (χ4v) is 3.27. The Morgan fingerprint density at radius 1 is 1.00 bits per heavy atom. The molecule has 1 heterocycles. The molecule has 0 unspecified atom stereocenters. The number of carbonyl (C=O) groups excluding carboxylic acids is 1. The Labute approximate surface area is 148 Å². The molecule has 3 rings (SSSR count). The molecule has 1 aliphatic heterocycles. The summed E-state index contributed by atoms with van der Waals surface area (Å²) in [5.41, 5.74) is 1.53. The van der Waals surface area contributed by atoms with E-state index in [4.69, 9.17) is 0 Å². The van der Waals surface area contributed by atoms with Crippen molar-refractivity contribution in [2.24, 2.45) is 0 Å². The van der Waals surface area contributed by atoms with Gasteiger partial charge in [-0.1, -0.05) is 30.3 Å². The third-order valence-electron chi connectivity index (χ3n) is 4.89. The van der Waals surface area contributed by atoms with Crippen LogP contribution < -0.4 is 9.80 Å². The molecule has 2 aromatic rings. The lowest BCUT2D eigenvalue weighted by Gasteiger charge is -2.39. The number of likely N-dealkylation sites (N-methyl/N-ethyl adjacent to an activating group) is 1. The minimum absolute atomic E-state index is 0.0746. The van der Waals surface area contributed by atoms with Gasteiger partial charge in [0.2, 0.25) is 5.91 Å². The summed E-state index contributed by atoms with van der Waals surface area (Å²) >= 11 is 0. The second-order valence-electron chi connectivity index (χ2n) is 6.38. The number of rotatable bonds is 4. The number of halogens is 1. The summed E-state index contributed by atoms with van der Waals surface area (Å²) in [4.78, 5) is 18.7. The van der Waals surface area contributed by atoms with E-state index in [-0.39, 0.29) is 17.8 Å². The fraction of sp³-hybridized carbons (Fsp3) is 0.350. The Bertz CT molecular complexity index is 714. The molecule has 2 aromatic carbocycles. The van der Waals surface area contributed by atoms with Gasteiger partial charge in [0.1, 0.15) is 5.82 Å². The molecule has 0 N–H and O–H groups in total. The Balaban J connectivity index is 1.61. The van der Waals surface area contributed by atoms with Gasteiger partial charge in [0, 0.05) is 38.9 Å². The van der Waals surface area contributed by atoms with Gasteiger partial charge in [-0.15, -0.1) is 0 Å². The number of hydrogen-bond donors (Lipinski definition) is 0. The maximum Gasteiger partial charge on any atom is 0.243 e. The number of hydrogen-bond acceptors (Lipinski definition) is 3. The maximum absolute atomic E-state index is 13.9. The van der Waals surface area contributed by atoms with Crippen LogP contribution in [0.5, 0.6) is 0 Å². The van der Waals surface area contributed by atoms with E-state index in [1.807, 2.05) is 61.3 Å². The molecule has 1 atom stereocenters. The molecule has 0 aromatic heterocycles. The van der Waals surface area contributed by atoms with Gasteiger partial charge >= 0.3 is 0 Å². The zero-order valence-electron chi connectivity index (χ0n) is 14.7. The van der Waals surface area contributed by atoms with Crippen molar-refractivity contribution >= 4 is 17.3 Å². The van der Waals surface area contributed by atoms with Crippen molar-refractivity contribution in [3.8, 4) is 0 Å². The molecule has 1 aliphatic rings. The van der Waals surface area contributed by atoms with Crippen LogP contribution in [0.2, 0.25) is 0 Å². The molecule has 0 saturated carbocycles. The molecule has 5 heteroatoms. The Morgan fingerprint density at radius 3 is 2.24 bits per heavy atom. The van der Waals surface area contributed by atoms with E-state index < -0.39 is 0 Å². The predicted molar refractivity (Wildman–Crippen MR) is 99.5 cm³/mol. The lowest BCUT2D eigenvalue weighted by atomic mass is 10.1. The van der Waals surface area contributed by atoms with Gasteiger partial charge in [0.15, 0.2) is 0 Å². The van der Waals surface area contributed by atoms with Crippen molar-refractivity contribution in [3.63, 3.8) is 0 Å². The number of carbonyl (C=O) groups is 1. The Morgan fingerprint density at radius 2 is 1.60 bits per heavy atom. The van der Waals surface area contributed by atoms with Crippen molar-refractivity contribution in [3.05, 3.63) is 60.4 Å². The van der Waals surface area contributed by atoms with E-state index in [0.717, 1.165) is 18.8 Å². The molecule has 1 amide bonds. The summed E-state index contributed by atoms with van der Waals surface area (Å²) in [5.74, 6) is -0.116. The van der Waals surface area contributed by atoms with E-state index in [1.165, 1.54) is 6.07 Å². The highest BCUT2D eigenvalue weighted by Gasteiger charge is 2.28. The van der Waals surface area contributed by atoms with Crippen LogP contribution in [0.15, 0.2) is 54.6 Å². The molecule has 25 heavy (non-hydrogen) atoms. The van der Waals surface area contributed by atoms with E-state index in [1.54, 1.807) is 11.0 Å². The zero-order chi connectivity index (χ0) is 17.8.